The van der Waals surface area contributed by atoms with Gasteiger partial charge in [0.25, 0.3) is 0 Å². The topological polar surface area (TPSA) is 20.3 Å². The van der Waals surface area contributed by atoms with Gasteiger partial charge >= 0.3 is 0 Å². The Morgan fingerprint density at radius 2 is 1.89 bits per heavy atom. The molecule has 0 unspecified atom stereocenters. The number of carbonyl (C=O) groups is 1. The van der Waals surface area contributed by atoms with Crippen LogP contribution in [0.4, 0.5) is 10.1 Å². The van der Waals surface area contributed by atoms with Crippen LogP contribution in [-0.2, 0) is 17.8 Å². The fourth-order valence-corrected chi connectivity index (χ4v) is 2.27. The first-order chi connectivity index (χ1) is 8.74. The van der Waals surface area contributed by atoms with Crippen molar-refractivity contribution in [2.45, 2.75) is 13.0 Å². The fraction of sp³-hybridized carbons (Fsp3) is 0.133. The molecule has 3 heteroatoms. The zero-order valence-electron chi connectivity index (χ0n) is 9.77. The minimum Gasteiger partial charge on any atom is -0.307 e. The second-order valence-electron chi connectivity index (χ2n) is 4.42. The van der Waals surface area contributed by atoms with E-state index in [1.165, 1.54) is 12.1 Å². The SMILES string of the molecule is O=C1Cc2ccc(F)cc2N1Cc1ccccc1. The predicted molar refractivity (Wildman–Crippen MR) is 67.7 cm³/mol. The van der Waals surface area contributed by atoms with Gasteiger partial charge in [0.2, 0.25) is 5.91 Å². The van der Waals surface area contributed by atoms with Gasteiger partial charge in [0, 0.05) is 0 Å². The van der Waals surface area contributed by atoms with Gasteiger partial charge in [-0.2, -0.15) is 0 Å². The standard InChI is InChI=1S/C15H12FNO/c16-13-7-6-12-8-15(18)17(14(12)9-13)10-11-4-2-1-3-5-11/h1-7,9H,8,10H2. The number of amides is 1. The molecule has 0 spiro atoms. The van der Waals surface area contributed by atoms with E-state index in [1.54, 1.807) is 11.0 Å². The summed E-state index contributed by atoms with van der Waals surface area (Å²) in [4.78, 5) is 13.6. The maximum atomic E-state index is 13.3. The van der Waals surface area contributed by atoms with Crippen LogP contribution < -0.4 is 4.90 Å². The van der Waals surface area contributed by atoms with Crippen LogP contribution in [0.1, 0.15) is 11.1 Å². The zero-order valence-corrected chi connectivity index (χ0v) is 9.77. The van der Waals surface area contributed by atoms with Crippen molar-refractivity contribution in [2.24, 2.45) is 0 Å². The molecule has 0 aromatic heterocycles. The summed E-state index contributed by atoms with van der Waals surface area (Å²) in [6.07, 6.45) is 0.364. The number of hydrogen-bond acceptors (Lipinski definition) is 1. The molecular formula is C15H12FNO. The maximum absolute atomic E-state index is 13.3. The Kier molecular flexibility index (Phi) is 2.59. The van der Waals surface area contributed by atoms with Crippen molar-refractivity contribution >= 4 is 11.6 Å². The molecule has 2 aromatic rings. The van der Waals surface area contributed by atoms with Crippen LogP contribution in [0.25, 0.3) is 0 Å². The number of anilines is 1. The molecule has 18 heavy (non-hydrogen) atoms. The molecule has 0 saturated heterocycles. The van der Waals surface area contributed by atoms with Gasteiger partial charge in [0.15, 0.2) is 0 Å². The Morgan fingerprint density at radius 3 is 2.67 bits per heavy atom. The van der Waals surface area contributed by atoms with Crippen molar-refractivity contribution in [3.63, 3.8) is 0 Å². The number of rotatable bonds is 2. The van der Waals surface area contributed by atoms with Gasteiger partial charge < -0.3 is 4.90 Å². The van der Waals surface area contributed by atoms with Crippen LogP contribution in [0.15, 0.2) is 48.5 Å². The van der Waals surface area contributed by atoms with Crippen molar-refractivity contribution in [1.82, 2.24) is 0 Å². The van der Waals surface area contributed by atoms with E-state index in [-0.39, 0.29) is 11.7 Å². The lowest BCUT2D eigenvalue weighted by Crippen LogP contribution is -2.25. The van der Waals surface area contributed by atoms with E-state index in [0.717, 1.165) is 11.1 Å². The average molecular weight is 241 g/mol. The second kappa shape index (κ2) is 4.26. The van der Waals surface area contributed by atoms with Crippen LogP contribution in [0.5, 0.6) is 0 Å². The number of nitrogens with zero attached hydrogens (tertiary/aromatic N) is 1. The molecule has 0 bridgehead atoms. The second-order valence-corrected chi connectivity index (χ2v) is 4.42. The summed E-state index contributed by atoms with van der Waals surface area (Å²) in [5.41, 5.74) is 2.64. The maximum Gasteiger partial charge on any atom is 0.231 e. The first-order valence-corrected chi connectivity index (χ1v) is 5.87. The molecule has 0 N–H and O–H groups in total. The highest BCUT2D eigenvalue weighted by Gasteiger charge is 2.27. The third kappa shape index (κ3) is 1.88. The Morgan fingerprint density at radius 1 is 1.11 bits per heavy atom. The molecule has 2 nitrogen and oxygen atoms in total. The van der Waals surface area contributed by atoms with Gasteiger partial charge in [-0.15, -0.1) is 0 Å². The minimum absolute atomic E-state index is 0.0273. The highest BCUT2D eigenvalue weighted by atomic mass is 19.1. The van der Waals surface area contributed by atoms with E-state index in [0.29, 0.717) is 18.7 Å². The first-order valence-electron chi connectivity index (χ1n) is 5.87. The summed E-state index contributed by atoms with van der Waals surface area (Å²) in [6.45, 7) is 0.496. The quantitative estimate of drug-likeness (QED) is 0.791. The summed E-state index contributed by atoms with van der Waals surface area (Å²) < 4.78 is 13.3. The number of halogens is 1. The Balaban J connectivity index is 1.94. The summed E-state index contributed by atoms with van der Waals surface area (Å²) in [5, 5.41) is 0. The molecular weight excluding hydrogens is 229 g/mol. The molecule has 0 atom stereocenters. The lowest BCUT2D eigenvalue weighted by atomic mass is 10.1. The van der Waals surface area contributed by atoms with Crippen molar-refractivity contribution in [3.05, 3.63) is 65.5 Å². The van der Waals surface area contributed by atoms with Gasteiger partial charge in [0.1, 0.15) is 5.82 Å². The normalized spacial score (nSPS) is 13.8. The van der Waals surface area contributed by atoms with Gasteiger partial charge in [-0.25, -0.2) is 4.39 Å². The van der Waals surface area contributed by atoms with Gasteiger partial charge in [0.05, 0.1) is 18.7 Å². The molecule has 0 aliphatic carbocycles. The third-order valence-electron chi connectivity index (χ3n) is 3.16. The highest BCUT2D eigenvalue weighted by molar-refractivity contribution is 6.01. The Labute approximate surface area is 105 Å². The lowest BCUT2D eigenvalue weighted by molar-refractivity contribution is -0.117. The smallest absolute Gasteiger partial charge is 0.231 e. The molecule has 0 saturated carbocycles. The van der Waals surface area contributed by atoms with Gasteiger partial charge in [-0.1, -0.05) is 36.4 Å². The highest BCUT2D eigenvalue weighted by Crippen LogP contribution is 2.30. The molecule has 1 heterocycles. The van der Waals surface area contributed by atoms with E-state index in [2.05, 4.69) is 0 Å². The average Bonchev–Trinajstić information content (AvgIpc) is 2.67. The van der Waals surface area contributed by atoms with E-state index in [9.17, 15) is 9.18 Å². The Bertz CT molecular complexity index is 595. The minimum atomic E-state index is -0.304. The van der Waals surface area contributed by atoms with Gasteiger partial charge in [-0.3, -0.25) is 4.79 Å². The van der Waals surface area contributed by atoms with Gasteiger partial charge in [-0.05, 0) is 23.3 Å². The molecule has 1 amide bonds. The van der Waals surface area contributed by atoms with Crippen LogP contribution in [0.2, 0.25) is 0 Å². The molecule has 90 valence electrons. The van der Waals surface area contributed by atoms with Crippen molar-refractivity contribution in [1.29, 1.82) is 0 Å². The largest absolute Gasteiger partial charge is 0.307 e. The number of benzene rings is 2. The fourth-order valence-electron chi connectivity index (χ4n) is 2.27. The van der Waals surface area contributed by atoms with Crippen LogP contribution in [0, 0.1) is 5.82 Å². The van der Waals surface area contributed by atoms with E-state index in [1.807, 2.05) is 30.3 Å². The molecule has 0 radical (unpaired) electrons. The van der Waals surface area contributed by atoms with Crippen LogP contribution >= 0.6 is 0 Å². The molecule has 1 aliphatic heterocycles. The Hall–Kier alpha value is -2.16. The molecule has 2 aromatic carbocycles. The summed E-state index contributed by atoms with van der Waals surface area (Å²) in [5.74, 6) is -0.277. The zero-order chi connectivity index (χ0) is 12.5. The summed E-state index contributed by atoms with van der Waals surface area (Å²) >= 11 is 0. The van der Waals surface area contributed by atoms with E-state index in [4.69, 9.17) is 0 Å². The third-order valence-corrected chi connectivity index (χ3v) is 3.16. The monoisotopic (exact) mass is 241 g/mol. The van der Waals surface area contributed by atoms with Crippen molar-refractivity contribution in [2.75, 3.05) is 4.90 Å². The lowest BCUT2D eigenvalue weighted by Gasteiger charge is -2.17. The molecule has 1 aliphatic rings. The predicted octanol–water partition coefficient (Wildman–Crippen LogP) is 2.92. The summed E-state index contributed by atoms with van der Waals surface area (Å²) in [7, 11) is 0. The van der Waals surface area contributed by atoms with E-state index >= 15 is 0 Å². The van der Waals surface area contributed by atoms with Crippen LogP contribution in [0.3, 0.4) is 0 Å². The summed E-state index contributed by atoms with van der Waals surface area (Å²) in [6, 6.07) is 14.2. The number of fused-ring (bicyclic) bond motifs is 1. The number of carbonyl (C=O) groups excluding carboxylic acids is 1. The van der Waals surface area contributed by atoms with E-state index < -0.39 is 0 Å². The molecule has 3 rings (SSSR count). The van der Waals surface area contributed by atoms with Crippen molar-refractivity contribution < 1.29 is 9.18 Å². The molecule has 0 fully saturated rings. The van der Waals surface area contributed by atoms with Crippen molar-refractivity contribution in [3.8, 4) is 0 Å². The van der Waals surface area contributed by atoms with Crippen LogP contribution in [-0.4, -0.2) is 5.91 Å². The number of hydrogen-bond donors (Lipinski definition) is 0. The first kappa shape index (κ1) is 11.0.